The molecule has 80 valence electrons. The van der Waals surface area contributed by atoms with Crippen LogP contribution in [-0.4, -0.2) is 41.1 Å². The minimum atomic E-state index is -1.26. The molecule has 0 unspecified atom stereocenters. The highest BCUT2D eigenvalue weighted by atomic mass is 16.4. The van der Waals surface area contributed by atoms with Crippen molar-refractivity contribution in [3.63, 3.8) is 0 Å². The van der Waals surface area contributed by atoms with E-state index in [4.69, 9.17) is 5.11 Å². The molecule has 1 aromatic rings. The molecule has 1 rings (SSSR count). The van der Waals surface area contributed by atoms with E-state index in [0.717, 1.165) is 0 Å². The number of amides is 1. The van der Waals surface area contributed by atoms with Crippen molar-refractivity contribution in [3.8, 4) is 5.75 Å². The van der Waals surface area contributed by atoms with E-state index in [-0.39, 0.29) is 11.1 Å². The van der Waals surface area contributed by atoms with Crippen LogP contribution in [0.4, 0.5) is 0 Å². The zero-order chi connectivity index (χ0) is 11.6. The van der Waals surface area contributed by atoms with Crippen molar-refractivity contribution in [1.29, 1.82) is 0 Å². The van der Waals surface area contributed by atoms with E-state index < -0.39 is 17.6 Å². The van der Waals surface area contributed by atoms with E-state index in [1.165, 1.54) is 37.2 Å². The summed E-state index contributed by atoms with van der Waals surface area (Å²) in [5.74, 6) is -2.19. The van der Waals surface area contributed by atoms with Crippen molar-refractivity contribution in [1.82, 2.24) is 4.90 Å². The molecule has 5 nitrogen and oxygen atoms in total. The number of hydrogen-bond acceptors (Lipinski definition) is 3. The fraction of sp³-hybridized carbons (Fsp3) is 0.200. The second-order valence-electron chi connectivity index (χ2n) is 3.21. The van der Waals surface area contributed by atoms with Crippen LogP contribution in [0.2, 0.25) is 0 Å². The van der Waals surface area contributed by atoms with E-state index >= 15 is 0 Å². The molecular weight excluding hydrogens is 198 g/mol. The molecule has 0 fully saturated rings. The first kappa shape index (κ1) is 11.0. The van der Waals surface area contributed by atoms with Crippen molar-refractivity contribution < 1.29 is 19.8 Å². The lowest BCUT2D eigenvalue weighted by atomic mass is 10.1. The second-order valence-corrected chi connectivity index (χ2v) is 3.21. The van der Waals surface area contributed by atoms with Gasteiger partial charge in [-0.25, -0.2) is 4.79 Å². The third-order valence-corrected chi connectivity index (χ3v) is 1.90. The second kappa shape index (κ2) is 4.00. The maximum atomic E-state index is 11.5. The number of carbonyl (C=O) groups excluding carboxylic acids is 1. The molecule has 0 saturated carbocycles. The number of aromatic carboxylic acids is 1. The van der Waals surface area contributed by atoms with Gasteiger partial charge in [-0.2, -0.15) is 0 Å². The van der Waals surface area contributed by atoms with Crippen LogP contribution >= 0.6 is 0 Å². The average molecular weight is 209 g/mol. The molecule has 15 heavy (non-hydrogen) atoms. The van der Waals surface area contributed by atoms with Crippen molar-refractivity contribution in [2.45, 2.75) is 0 Å². The van der Waals surface area contributed by atoms with Crippen LogP contribution in [0.3, 0.4) is 0 Å². The van der Waals surface area contributed by atoms with Crippen molar-refractivity contribution in [3.05, 3.63) is 29.3 Å². The van der Waals surface area contributed by atoms with Gasteiger partial charge >= 0.3 is 5.97 Å². The molecule has 2 N–H and O–H groups in total. The lowest BCUT2D eigenvalue weighted by Gasteiger charge is -2.12. The van der Waals surface area contributed by atoms with Gasteiger partial charge in [0.15, 0.2) is 0 Å². The number of hydrogen-bond donors (Lipinski definition) is 2. The Bertz CT molecular complexity index is 412. The van der Waals surface area contributed by atoms with Crippen LogP contribution in [0, 0.1) is 0 Å². The fourth-order valence-corrected chi connectivity index (χ4v) is 1.13. The quantitative estimate of drug-likeness (QED) is 0.754. The largest absolute Gasteiger partial charge is 0.506 e. The van der Waals surface area contributed by atoms with Crippen LogP contribution < -0.4 is 0 Å². The van der Waals surface area contributed by atoms with Gasteiger partial charge in [0.1, 0.15) is 11.3 Å². The van der Waals surface area contributed by atoms with Gasteiger partial charge in [0.25, 0.3) is 5.91 Å². The van der Waals surface area contributed by atoms with Gasteiger partial charge in [-0.1, -0.05) is 6.07 Å². The minimum Gasteiger partial charge on any atom is -0.506 e. The molecule has 0 spiro atoms. The molecule has 0 aromatic heterocycles. The zero-order valence-corrected chi connectivity index (χ0v) is 8.39. The Balaban J connectivity index is 3.27. The van der Waals surface area contributed by atoms with Gasteiger partial charge in [0.2, 0.25) is 0 Å². The Morgan fingerprint density at radius 3 is 2.20 bits per heavy atom. The molecule has 0 bridgehead atoms. The highest BCUT2D eigenvalue weighted by Crippen LogP contribution is 2.23. The summed E-state index contributed by atoms with van der Waals surface area (Å²) in [6, 6.07) is 4.04. The van der Waals surface area contributed by atoms with Gasteiger partial charge in [-0.05, 0) is 12.1 Å². The number of rotatable bonds is 2. The van der Waals surface area contributed by atoms with Crippen LogP contribution in [0.15, 0.2) is 18.2 Å². The molecule has 0 heterocycles. The Labute approximate surface area is 86.6 Å². The fourth-order valence-electron chi connectivity index (χ4n) is 1.13. The van der Waals surface area contributed by atoms with Gasteiger partial charge in [0, 0.05) is 14.1 Å². The first-order chi connectivity index (χ1) is 6.95. The number of para-hydroxylation sites is 1. The summed E-state index contributed by atoms with van der Waals surface area (Å²) in [6.45, 7) is 0. The monoisotopic (exact) mass is 209 g/mol. The normalized spacial score (nSPS) is 9.73. The van der Waals surface area contributed by atoms with Crippen molar-refractivity contribution in [2.75, 3.05) is 14.1 Å². The predicted molar refractivity (Wildman–Crippen MR) is 53.1 cm³/mol. The third kappa shape index (κ3) is 2.07. The molecule has 0 aliphatic heterocycles. The first-order valence-electron chi connectivity index (χ1n) is 4.22. The average Bonchev–Trinajstić information content (AvgIpc) is 2.16. The molecule has 1 aromatic carbocycles. The summed E-state index contributed by atoms with van der Waals surface area (Å²) in [7, 11) is 3.05. The number of nitrogens with zero attached hydrogens (tertiary/aromatic N) is 1. The number of benzene rings is 1. The standard InChI is InChI=1S/C10H11NO4/c1-11(2)9(13)6-4-3-5-7(8(6)12)10(14)15/h3-5,12H,1-2H3,(H,14,15). The lowest BCUT2D eigenvalue weighted by Crippen LogP contribution is -2.22. The number of carboxylic acid groups (broad SMARTS) is 1. The van der Waals surface area contributed by atoms with E-state index in [1.807, 2.05) is 0 Å². The first-order valence-corrected chi connectivity index (χ1v) is 4.22. The molecule has 0 aliphatic rings. The number of carbonyl (C=O) groups is 2. The summed E-state index contributed by atoms with van der Waals surface area (Å²) in [5.41, 5.74) is -0.289. The Hall–Kier alpha value is -2.04. The van der Waals surface area contributed by atoms with E-state index in [1.54, 1.807) is 0 Å². The van der Waals surface area contributed by atoms with E-state index in [9.17, 15) is 14.7 Å². The summed E-state index contributed by atoms with van der Waals surface area (Å²) in [5, 5.41) is 18.3. The summed E-state index contributed by atoms with van der Waals surface area (Å²) in [4.78, 5) is 23.5. The molecule has 5 heteroatoms. The minimum absolute atomic E-state index is 0.0140. The van der Waals surface area contributed by atoms with Crippen LogP contribution in [0.5, 0.6) is 5.75 Å². The van der Waals surface area contributed by atoms with Gasteiger partial charge < -0.3 is 15.1 Å². The molecule has 0 radical (unpaired) electrons. The van der Waals surface area contributed by atoms with Crippen molar-refractivity contribution >= 4 is 11.9 Å². The van der Waals surface area contributed by atoms with Crippen LogP contribution in [0.25, 0.3) is 0 Å². The molecule has 0 saturated heterocycles. The smallest absolute Gasteiger partial charge is 0.339 e. The molecular formula is C10H11NO4. The highest BCUT2D eigenvalue weighted by Gasteiger charge is 2.18. The molecule has 0 atom stereocenters. The maximum absolute atomic E-state index is 11.5. The molecule has 1 amide bonds. The van der Waals surface area contributed by atoms with Gasteiger partial charge in [-0.15, -0.1) is 0 Å². The Morgan fingerprint density at radius 1 is 1.20 bits per heavy atom. The topological polar surface area (TPSA) is 77.8 Å². The number of carboxylic acids is 1. The number of aromatic hydroxyl groups is 1. The van der Waals surface area contributed by atoms with Crippen molar-refractivity contribution in [2.24, 2.45) is 0 Å². The van der Waals surface area contributed by atoms with Crippen LogP contribution in [-0.2, 0) is 0 Å². The number of phenols is 1. The van der Waals surface area contributed by atoms with Crippen LogP contribution in [0.1, 0.15) is 20.7 Å². The SMILES string of the molecule is CN(C)C(=O)c1cccc(C(=O)O)c1O. The Morgan fingerprint density at radius 2 is 1.73 bits per heavy atom. The summed E-state index contributed by atoms with van der Waals surface area (Å²) < 4.78 is 0. The lowest BCUT2D eigenvalue weighted by molar-refractivity contribution is 0.0693. The third-order valence-electron chi connectivity index (χ3n) is 1.90. The summed E-state index contributed by atoms with van der Waals surface area (Å²) in [6.07, 6.45) is 0. The maximum Gasteiger partial charge on any atom is 0.339 e. The molecule has 0 aliphatic carbocycles. The predicted octanol–water partition coefficient (Wildman–Crippen LogP) is 0.792. The van der Waals surface area contributed by atoms with Gasteiger partial charge in [0.05, 0.1) is 5.56 Å². The highest BCUT2D eigenvalue weighted by molar-refractivity contribution is 6.01. The zero-order valence-electron chi connectivity index (χ0n) is 8.39. The van der Waals surface area contributed by atoms with E-state index in [0.29, 0.717) is 0 Å². The summed E-state index contributed by atoms with van der Waals surface area (Å²) >= 11 is 0. The van der Waals surface area contributed by atoms with E-state index in [2.05, 4.69) is 0 Å². The Kier molecular flexibility index (Phi) is 2.94. The van der Waals surface area contributed by atoms with Gasteiger partial charge in [-0.3, -0.25) is 4.79 Å².